The minimum absolute atomic E-state index is 0.0144. The second-order valence-electron chi connectivity index (χ2n) is 8.46. The van der Waals surface area contributed by atoms with Crippen molar-refractivity contribution in [2.75, 3.05) is 0 Å². The summed E-state index contributed by atoms with van der Waals surface area (Å²) in [5, 5.41) is 10.9. The highest BCUT2D eigenvalue weighted by molar-refractivity contribution is 5.87. The van der Waals surface area contributed by atoms with E-state index >= 15 is 0 Å². The molecule has 5 atom stereocenters. The van der Waals surface area contributed by atoms with Gasteiger partial charge < -0.3 is 15.2 Å². The highest BCUT2D eigenvalue weighted by atomic mass is 19.4. The minimum Gasteiger partial charge on any atom is -0.480 e. The van der Waals surface area contributed by atoms with Crippen LogP contribution >= 0.6 is 0 Å². The third kappa shape index (κ3) is 5.13. The van der Waals surface area contributed by atoms with Gasteiger partial charge in [0.25, 0.3) is 0 Å². The summed E-state index contributed by atoms with van der Waals surface area (Å²) >= 11 is 0. The van der Waals surface area contributed by atoms with Crippen molar-refractivity contribution in [3.63, 3.8) is 0 Å². The molecule has 0 saturated heterocycles. The lowest BCUT2D eigenvalue weighted by atomic mass is 9.55. The summed E-state index contributed by atoms with van der Waals surface area (Å²) in [6, 6.07) is -2.02. The van der Waals surface area contributed by atoms with Crippen molar-refractivity contribution in [3.8, 4) is 0 Å². The lowest BCUT2D eigenvalue weighted by Crippen LogP contribution is -2.61. The number of hydrogen-bond donors (Lipinski definition) is 2. The molecule has 6 nitrogen and oxygen atoms in total. The van der Waals surface area contributed by atoms with Crippen LogP contribution in [0.25, 0.3) is 0 Å². The lowest BCUT2D eigenvalue weighted by Gasteiger charge is -2.54. The maximum Gasteiger partial charge on any atom is 0.490 e. The third-order valence-electron chi connectivity index (χ3n) is 5.62. The van der Waals surface area contributed by atoms with Gasteiger partial charge in [-0.25, -0.2) is 9.59 Å². The first-order valence-electron chi connectivity index (χ1n) is 8.88. The molecule has 1 amide bonds. The number of aliphatic carboxylic acids is 1. The number of fused-ring (bicyclic) bond motifs is 2. The number of hydrogen-bond acceptors (Lipinski definition) is 4. The summed E-state index contributed by atoms with van der Waals surface area (Å²) in [7, 11) is 0. The molecule has 0 aliphatic heterocycles. The van der Waals surface area contributed by atoms with Gasteiger partial charge in [-0.05, 0) is 43.9 Å². The number of esters is 1. The van der Waals surface area contributed by atoms with E-state index in [1.165, 1.54) is 12.2 Å². The molecule has 29 heavy (non-hydrogen) atoms. The van der Waals surface area contributed by atoms with E-state index in [4.69, 9.17) is 4.74 Å². The monoisotopic (exact) mass is 433 g/mol. The minimum atomic E-state index is -5.33. The largest absolute Gasteiger partial charge is 0.490 e. The molecule has 2 fully saturated rings. The second kappa shape index (κ2) is 7.35. The van der Waals surface area contributed by atoms with Crippen molar-refractivity contribution in [2.45, 2.75) is 69.9 Å². The summed E-state index contributed by atoms with van der Waals surface area (Å²) in [6.45, 7) is 3.02. The fourth-order valence-electron chi connectivity index (χ4n) is 5.09. The first-order valence-corrected chi connectivity index (χ1v) is 8.88. The van der Waals surface area contributed by atoms with Crippen LogP contribution in [0, 0.1) is 17.3 Å². The normalized spacial score (nSPS) is 33.5. The quantitative estimate of drug-likeness (QED) is 0.525. The van der Waals surface area contributed by atoms with Crippen LogP contribution in [0.15, 0.2) is 0 Å². The Hall–Kier alpha value is -2.01. The number of rotatable bonds is 4. The van der Waals surface area contributed by atoms with E-state index < -0.39 is 53.7 Å². The zero-order valence-corrected chi connectivity index (χ0v) is 15.6. The molecule has 12 heteroatoms. The van der Waals surface area contributed by atoms with Gasteiger partial charge in [0.15, 0.2) is 0 Å². The van der Waals surface area contributed by atoms with Crippen LogP contribution in [0.5, 0.6) is 0 Å². The molecular weight excluding hydrogens is 412 g/mol. The Kier molecular flexibility index (Phi) is 5.90. The van der Waals surface area contributed by atoms with Gasteiger partial charge in [-0.15, -0.1) is 0 Å². The second-order valence-corrected chi connectivity index (χ2v) is 8.46. The topological polar surface area (TPSA) is 92.7 Å². The van der Waals surface area contributed by atoms with E-state index in [9.17, 15) is 45.8 Å². The molecule has 2 N–H and O–H groups in total. The third-order valence-corrected chi connectivity index (χ3v) is 5.62. The van der Waals surface area contributed by atoms with Crippen LogP contribution in [0.1, 0.15) is 46.0 Å². The van der Waals surface area contributed by atoms with Gasteiger partial charge in [-0.2, -0.15) is 26.3 Å². The van der Waals surface area contributed by atoms with Crippen LogP contribution in [0.2, 0.25) is 0 Å². The van der Waals surface area contributed by atoms with E-state index in [0.717, 1.165) is 0 Å². The van der Waals surface area contributed by atoms with Gasteiger partial charge in [0.2, 0.25) is 0 Å². The Labute approximate surface area is 162 Å². The predicted octanol–water partition coefficient (Wildman–Crippen LogP) is 3.20. The molecule has 166 valence electrons. The highest BCUT2D eigenvalue weighted by Crippen LogP contribution is 2.55. The van der Waals surface area contributed by atoms with Crippen LogP contribution in [-0.2, 0) is 19.1 Å². The molecule has 2 rings (SSSR count). The molecule has 4 unspecified atom stereocenters. The number of amides is 1. The zero-order chi connectivity index (χ0) is 22.4. The van der Waals surface area contributed by atoms with Crippen LogP contribution in [0.4, 0.5) is 26.3 Å². The number of carbonyl (C=O) groups excluding carboxylic acids is 2. The average molecular weight is 433 g/mol. The highest BCUT2D eigenvalue weighted by Gasteiger charge is 2.58. The van der Waals surface area contributed by atoms with E-state index in [0.29, 0.717) is 6.42 Å². The maximum absolute atomic E-state index is 12.8. The first kappa shape index (κ1) is 23.3. The molecule has 0 radical (unpaired) electrons. The molecule has 0 spiro atoms. The van der Waals surface area contributed by atoms with Crippen molar-refractivity contribution in [3.05, 3.63) is 0 Å². The van der Waals surface area contributed by atoms with E-state index in [1.54, 1.807) is 6.92 Å². The maximum atomic E-state index is 12.8. The lowest BCUT2D eigenvalue weighted by molar-refractivity contribution is -0.229. The number of ether oxygens (including phenoxy) is 1. The van der Waals surface area contributed by atoms with Gasteiger partial charge >= 0.3 is 30.2 Å². The Bertz CT molecular complexity index is 689. The van der Waals surface area contributed by atoms with Gasteiger partial charge in [0, 0.05) is 5.41 Å². The van der Waals surface area contributed by atoms with Crippen LogP contribution in [0.3, 0.4) is 0 Å². The summed E-state index contributed by atoms with van der Waals surface area (Å²) in [5.74, 6) is -7.15. The van der Waals surface area contributed by atoms with Gasteiger partial charge in [-0.1, -0.05) is 13.8 Å². The van der Waals surface area contributed by atoms with Crippen LogP contribution in [-0.4, -0.2) is 46.9 Å². The van der Waals surface area contributed by atoms with Crippen LogP contribution < -0.4 is 5.32 Å². The first-order chi connectivity index (χ1) is 13.0. The molecule has 2 aliphatic carbocycles. The molecule has 2 saturated carbocycles. The molecule has 0 aromatic carbocycles. The fourth-order valence-corrected chi connectivity index (χ4v) is 5.09. The molecule has 0 heterocycles. The smallest absolute Gasteiger partial charge is 0.480 e. The SMILES string of the molecule is CC1CC2CC(OC(=O)C(F)(F)F)(C1)CC(C)([C@H](NC(=O)C(F)(F)F)C(=O)O)C2. The number of halogens is 6. The Morgan fingerprint density at radius 3 is 2.14 bits per heavy atom. The van der Waals surface area contributed by atoms with E-state index in [1.807, 2.05) is 0 Å². The number of carboxylic acid groups (broad SMARTS) is 1. The van der Waals surface area contributed by atoms with Crippen molar-refractivity contribution < 1.29 is 50.6 Å². The number of nitrogens with one attached hydrogen (secondary N) is 1. The summed E-state index contributed by atoms with van der Waals surface area (Å²) < 4.78 is 80.9. The van der Waals surface area contributed by atoms with Crippen molar-refractivity contribution in [2.24, 2.45) is 17.3 Å². The summed E-state index contributed by atoms with van der Waals surface area (Å²) in [4.78, 5) is 34.5. The molecule has 2 bridgehead atoms. The van der Waals surface area contributed by atoms with Crippen molar-refractivity contribution in [1.29, 1.82) is 0 Å². The molecule has 2 aliphatic rings. The Morgan fingerprint density at radius 2 is 1.66 bits per heavy atom. The predicted molar refractivity (Wildman–Crippen MR) is 84.3 cm³/mol. The molecule has 0 aromatic rings. The fraction of sp³-hybridized carbons (Fsp3) is 0.824. The number of carbonyl (C=O) groups is 3. The summed E-state index contributed by atoms with van der Waals surface area (Å²) in [6.07, 6.45) is -10.4. The van der Waals surface area contributed by atoms with Gasteiger partial charge in [-0.3, -0.25) is 4.79 Å². The van der Waals surface area contributed by atoms with Crippen molar-refractivity contribution in [1.82, 2.24) is 5.32 Å². The zero-order valence-electron chi connectivity index (χ0n) is 15.6. The molecular formula is C17H21F6NO5. The standard InChI is InChI=1S/C17H21F6NO5/c1-8-3-9-5-14(2,10(11(25)26)24-12(27)16(18,19)20)7-15(4-8,6-9)29-13(28)17(21,22)23/h8-10H,3-7H2,1-2H3,(H,24,27)(H,25,26)/t8?,9?,10-,14?,15?/m1/s1. The van der Waals surface area contributed by atoms with E-state index in [-0.39, 0.29) is 31.1 Å². The Balaban J connectivity index is 2.37. The van der Waals surface area contributed by atoms with E-state index in [2.05, 4.69) is 0 Å². The Morgan fingerprint density at radius 1 is 1.07 bits per heavy atom. The summed E-state index contributed by atoms with van der Waals surface area (Å²) in [5.41, 5.74) is -3.22. The number of alkyl halides is 6. The number of carboxylic acids is 1. The average Bonchev–Trinajstić information content (AvgIpc) is 2.47. The molecule has 0 aromatic heterocycles. The van der Waals surface area contributed by atoms with Gasteiger partial charge in [0.1, 0.15) is 11.6 Å². The van der Waals surface area contributed by atoms with Crippen molar-refractivity contribution >= 4 is 17.8 Å². The van der Waals surface area contributed by atoms with Gasteiger partial charge in [0.05, 0.1) is 0 Å².